The Bertz CT molecular complexity index is 768. The van der Waals surface area contributed by atoms with Crippen LogP contribution in [-0.2, 0) is 9.84 Å². The number of hydrogen-bond donors (Lipinski definition) is 1. The summed E-state index contributed by atoms with van der Waals surface area (Å²) in [5.41, 5.74) is 7.35. The maximum Gasteiger partial charge on any atom is 0.258 e. The van der Waals surface area contributed by atoms with E-state index >= 15 is 0 Å². The third-order valence-electron chi connectivity index (χ3n) is 3.09. The zero-order valence-corrected chi connectivity index (χ0v) is 12.6. The Morgan fingerprint density at radius 1 is 1.10 bits per heavy atom. The van der Waals surface area contributed by atoms with E-state index in [1.165, 1.54) is 29.2 Å². The maximum atomic E-state index is 12.4. The van der Waals surface area contributed by atoms with E-state index in [1.807, 2.05) is 0 Å². The van der Waals surface area contributed by atoms with Crippen molar-refractivity contribution in [1.82, 2.24) is 0 Å². The van der Waals surface area contributed by atoms with Crippen molar-refractivity contribution in [1.29, 1.82) is 0 Å². The summed E-state index contributed by atoms with van der Waals surface area (Å²) in [7, 11) is -1.62. The van der Waals surface area contributed by atoms with Crippen LogP contribution in [0.15, 0.2) is 53.4 Å². The number of carbonyl (C=O) groups is 1. The van der Waals surface area contributed by atoms with Crippen LogP contribution in [0.5, 0.6) is 0 Å². The van der Waals surface area contributed by atoms with E-state index in [2.05, 4.69) is 0 Å². The highest BCUT2D eigenvalue weighted by Gasteiger charge is 2.15. The van der Waals surface area contributed by atoms with Gasteiger partial charge in [-0.25, -0.2) is 8.42 Å². The number of amides is 1. The normalized spacial score (nSPS) is 11.1. The van der Waals surface area contributed by atoms with Crippen LogP contribution >= 0.6 is 0 Å². The molecule has 0 aromatic heterocycles. The number of benzene rings is 2. The molecule has 0 saturated carbocycles. The SMILES string of the molecule is CN(C(=O)c1ccc(S(C)(=O)=O)cc1)c1cccc(N)c1. The predicted molar refractivity (Wildman–Crippen MR) is 83.1 cm³/mol. The Morgan fingerprint density at radius 2 is 1.71 bits per heavy atom. The number of nitrogens with zero attached hydrogens (tertiary/aromatic N) is 1. The fourth-order valence-corrected chi connectivity index (χ4v) is 2.52. The molecular weight excluding hydrogens is 288 g/mol. The first-order chi connectivity index (χ1) is 9.79. The average Bonchev–Trinajstić information content (AvgIpc) is 2.45. The highest BCUT2D eigenvalue weighted by Crippen LogP contribution is 2.19. The summed E-state index contributed by atoms with van der Waals surface area (Å²) in [6, 6.07) is 12.8. The fourth-order valence-electron chi connectivity index (χ4n) is 1.89. The standard InChI is InChI=1S/C15H16N2O3S/c1-17(13-5-3-4-12(16)10-13)15(18)11-6-8-14(9-7-11)21(2,19)20/h3-10H,16H2,1-2H3. The second kappa shape index (κ2) is 5.57. The molecular formula is C15H16N2O3S. The third kappa shape index (κ3) is 3.41. The molecule has 0 aliphatic carbocycles. The molecule has 0 aliphatic heterocycles. The van der Waals surface area contributed by atoms with Gasteiger partial charge in [-0.1, -0.05) is 6.07 Å². The molecule has 2 aromatic rings. The van der Waals surface area contributed by atoms with Crippen molar-refractivity contribution < 1.29 is 13.2 Å². The minimum atomic E-state index is -3.26. The zero-order valence-electron chi connectivity index (χ0n) is 11.8. The van der Waals surface area contributed by atoms with Gasteiger partial charge in [-0.05, 0) is 42.5 Å². The maximum absolute atomic E-state index is 12.4. The lowest BCUT2D eigenvalue weighted by atomic mass is 10.2. The van der Waals surface area contributed by atoms with Crippen LogP contribution in [0, 0.1) is 0 Å². The molecule has 21 heavy (non-hydrogen) atoms. The van der Waals surface area contributed by atoms with E-state index in [0.717, 1.165) is 6.26 Å². The van der Waals surface area contributed by atoms with Gasteiger partial charge in [0, 0.05) is 30.2 Å². The summed E-state index contributed by atoms with van der Waals surface area (Å²) in [6.45, 7) is 0. The van der Waals surface area contributed by atoms with Crippen molar-refractivity contribution >= 4 is 27.1 Å². The van der Waals surface area contributed by atoms with Gasteiger partial charge < -0.3 is 10.6 Å². The van der Waals surface area contributed by atoms with E-state index in [1.54, 1.807) is 31.3 Å². The first kappa shape index (κ1) is 15.1. The summed E-state index contributed by atoms with van der Waals surface area (Å²) in [5, 5.41) is 0. The van der Waals surface area contributed by atoms with E-state index in [0.29, 0.717) is 16.9 Å². The second-order valence-corrected chi connectivity index (χ2v) is 6.77. The van der Waals surface area contributed by atoms with Crippen molar-refractivity contribution in [2.75, 3.05) is 23.9 Å². The molecule has 2 rings (SSSR count). The molecule has 0 spiro atoms. The van der Waals surface area contributed by atoms with Crippen molar-refractivity contribution in [3.05, 3.63) is 54.1 Å². The lowest BCUT2D eigenvalue weighted by Crippen LogP contribution is -2.26. The molecule has 0 unspecified atom stereocenters. The lowest BCUT2D eigenvalue weighted by Gasteiger charge is -2.18. The van der Waals surface area contributed by atoms with Gasteiger partial charge >= 0.3 is 0 Å². The molecule has 0 heterocycles. The van der Waals surface area contributed by atoms with Gasteiger partial charge in [0.15, 0.2) is 9.84 Å². The van der Waals surface area contributed by atoms with E-state index in [-0.39, 0.29) is 10.8 Å². The van der Waals surface area contributed by atoms with Gasteiger partial charge in [-0.3, -0.25) is 4.79 Å². The molecule has 0 saturated heterocycles. The van der Waals surface area contributed by atoms with Gasteiger partial charge in [0.05, 0.1) is 4.90 Å². The summed E-state index contributed by atoms with van der Waals surface area (Å²) in [6.07, 6.45) is 1.13. The minimum Gasteiger partial charge on any atom is -0.399 e. The smallest absolute Gasteiger partial charge is 0.258 e. The largest absolute Gasteiger partial charge is 0.399 e. The topological polar surface area (TPSA) is 80.5 Å². The van der Waals surface area contributed by atoms with Crippen molar-refractivity contribution in [3.8, 4) is 0 Å². The van der Waals surface area contributed by atoms with Gasteiger partial charge in [-0.2, -0.15) is 0 Å². The monoisotopic (exact) mass is 304 g/mol. The van der Waals surface area contributed by atoms with Crippen molar-refractivity contribution in [3.63, 3.8) is 0 Å². The average molecular weight is 304 g/mol. The molecule has 110 valence electrons. The fraction of sp³-hybridized carbons (Fsp3) is 0.133. The first-order valence-electron chi connectivity index (χ1n) is 6.23. The number of nitrogens with two attached hydrogens (primary N) is 1. The highest BCUT2D eigenvalue weighted by atomic mass is 32.2. The first-order valence-corrected chi connectivity index (χ1v) is 8.12. The van der Waals surface area contributed by atoms with Gasteiger partial charge in [0.25, 0.3) is 5.91 Å². The molecule has 0 aliphatic rings. The van der Waals surface area contributed by atoms with Crippen LogP contribution in [0.2, 0.25) is 0 Å². The minimum absolute atomic E-state index is 0.186. The Hall–Kier alpha value is -2.34. The van der Waals surface area contributed by atoms with Crippen LogP contribution in [0.3, 0.4) is 0 Å². The number of anilines is 2. The quantitative estimate of drug-likeness (QED) is 0.879. The van der Waals surface area contributed by atoms with E-state index in [9.17, 15) is 13.2 Å². The predicted octanol–water partition coefficient (Wildman–Crippen LogP) is 1.95. The van der Waals surface area contributed by atoms with Gasteiger partial charge in [-0.15, -0.1) is 0 Å². The molecule has 6 heteroatoms. The van der Waals surface area contributed by atoms with Gasteiger partial charge in [0.2, 0.25) is 0 Å². The molecule has 0 atom stereocenters. The Kier molecular flexibility index (Phi) is 3.99. The van der Waals surface area contributed by atoms with Crippen LogP contribution in [0.25, 0.3) is 0 Å². The Morgan fingerprint density at radius 3 is 2.24 bits per heavy atom. The molecule has 1 amide bonds. The summed E-state index contributed by atoms with van der Waals surface area (Å²) in [5.74, 6) is -0.236. The molecule has 0 fully saturated rings. The van der Waals surface area contributed by atoms with Crippen LogP contribution in [-0.4, -0.2) is 27.6 Å². The van der Waals surface area contributed by atoms with Crippen LogP contribution < -0.4 is 10.6 Å². The summed E-state index contributed by atoms with van der Waals surface area (Å²) >= 11 is 0. The number of carbonyl (C=O) groups excluding carboxylic acids is 1. The third-order valence-corrected chi connectivity index (χ3v) is 4.22. The van der Waals surface area contributed by atoms with Crippen molar-refractivity contribution in [2.24, 2.45) is 0 Å². The molecule has 5 nitrogen and oxygen atoms in total. The van der Waals surface area contributed by atoms with Crippen LogP contribution in [0.1, 0.15) is 10.4 Å². The molecule has 0 radical (unpaired) electrons. The number of nitrogen functional groups attached to an aromatic ring is 1. The highest BCUT2D eigenvalue weighted by molar-refractivity contribution is 7.90. The molecule has 2 N–H and O–H groups in total. The van der Waals surface area contributed by atoms with E-state index in [4.69, 9.17) is 5.73 Å². The Balaban J connectivity index is 2.28. The van der Waals surface area contributed by atoms with E-state index < -0.39 is 9.84 Å². The summed E-state index contributed by atoms with van der Waals surface area (Å²) < 4.78 is 22.8. The molecule has 0 bridgehead atoms. The summed E-state index contributed by atoms with van der Waals surface area (Å²) in [4.78, 5) is 14.0. The van der Waals surface area contributed by atoms with Crippen LogP contribution in [0.4, 0.5) is 11.4 Å². The Labute approximate surface area is 123 Å². The lowest BCUT2D eigenvalue weighted by molar-refractivity contribution is 0.0993. The molecule has 2 aromatic carbocycles. The second-order valence-electron chi connectivity index (χ2n) is 4.76. The van der Waals surface area contributed by atoms with Crippen molar-refractivity contribution in [2.45, 2.75) is 4.90 Å². The number of rotatable bonds is 3. The number of sulfone groups is 1. The van der Waals surface area contributed by atoms with Gasteiger partial charge in [0.1, 0.15) is 0 Å². The number of hydrogen-bond acceptors (Lipinski definition) is 4. The zero-order chi connectivity index (χ0) is 15.6.